The summed E-state index contributed by atoms with van der Waals surface area (Å²) in [5, 5.41) is 4.45. The Hall–Kier alpha value is -2.20. The number of nitrogens with zero attached hydrogens (tertiary/aromatic N) is 1. The topological polar surface area (TPSA) is 40.0 Å². The molecule has 0 bridgehead atoms. The van der Waals surface area contributed by atoms with Crippen molar-refractivity contribution in [3.63, 3.8) is 0 Å². The minimum Gasteiger partial charge on any atom is -0.493 e. The predicted molar refractivity (Wildman–Crippen MR) is 92.9 cm³/mol. The Labute approximate surface area is 141 Å². The van der Waals surface area contributed by atoms with Crippen molar-refractivity contribution >= 4 is 17.8 Å². The number of rotatable bonds is 6. The van der Waals surface area contributed by atoms with E-state index in [2.05, 4.69) is 37.2 Å². The van der Waals surface area contributed by atoms with Crippen LogP contribution in [0, 0.1) is 13.8 Å². The van der Waals surface area contributed by atoms with Gasteiger partial charge in [0.15, 0.2) is 11.5 Å². The molecule has 122 valence electrons. The minimum absolute atomic E-state index is 0.417. The third-order valence-corrected chi connectivity index (χ3v) is 3.53. The molecule has 23 heavy (non-hydrogen) atoms. The molecule has 0 radical (unpaired) electrons. The average molecular weight is 334 g/mol. The number of aryl methyl sites for hydroxylation is 2. The van der Waals surface area contributed by atoms with Crippen LogP contribution in [0.5, 0.6) is 11.5 Å². The van der Waals surface area contributed by atoms with Gasteiger partial charge in [-0.25, -0.2) is 0 Å². The molecular weight excluding hydrogens is 314 g/mol. The molecule has 0 spiro atoms. The first-order valence-corrected chi connectivity index (χ1v) is 7.55. The van der Waals surface area contributed by atoms with Crippen LogP contribution >= 0.6 is 11.6 Å². The Morgan fingerprint density at radius 1 is 1.00 bits per heavy atom. The van der Waals surface area contributed by atoms with Gasteiger partial charge in [-0.2, -0.15) is 0 Å². The fourth-order valence-corrected chi connectivity index (χ4v) is 2.67. The zero-order chi connectivity index (χ0) is 16.8. The molecule has 0 aliphatic heterocycles. The Morgan fingerprint density at radius 2 is 1.70 bits per heavy atom. The summed E-state index contributed by atoms with van der Waals surface area (Å²) in [6, 6.07) is 9.81. The Morgan fingerprint density at radius 3 is 2.30 bits per heavy atom. The van der Waals surface area contributed by atoms with Gasteiger partial charge in [0.2, 0.25) is 0 Å². The van der Waals surface area contributed by atoms with E-state index >= 15 is 0 Å². The highest BCUT2D eigenvalue weighted by Crippen LogP contribution is 2.35. The van der Waals surface area contributed by atoms with Crippen molar-refractivity contribution in [2.24, 2.45) is 5.16 Å². The molecule has 0 aliphatic carbocycles. The zero-order valence-corrected chi connectivity index (χ0v) is 14.5. The quantitative estimate of drug-likeness (QED) is 0.576. The third kappa shape index (κ3) is 4.63. The maximum absolute atomic E-state index is 6.15. The molecule has 0 heterocycles. The number of oxime groups is 1. The van der Waals surface area contributed by atoms with E-state index < -0.39 is 0 Å². The first-order valence-electron chi connectivity index (χ1n) is 7.17. The summed E-state index contributed by atoms with van der Waals surface area (Å²) >= 11 is 6.15. The lowest BCUT2D eigenvalue weighted by Gasteiger charge is -2.09. The van der Waals surface area contributed by atoms with Crippen LogP contribution in [0.4, 0.5) is 0 Å². The maximum atomic E-state index is 6.15. The van der Waals surface area contributed by atoms with Crippen molar-refractivity contribution in [1.82, 2.24) is 0 Å². The summed E-state index contributed by atoms with van der Waals surface area (Å²) in [5.41, 5.74) is 4.27. The second-order valence-corrected chi connectivity index (χ2v) is 5.65. The molecule has 2 aromatic rings. The van der Waals surface area contributed by atoms with Crippen molar-refractivity contribution in [3.8, 4) is 11.5 Å². The molecule has 0 atom stereocenters. The lowest BCUT2D eigenvalue weighted by atomic mass is 10.1. The van der Waals surface area contributed by atoms with Gasteiger partial charge in [0.25, 0.3) is 0 Å². The molecule has 0 aromatic heterocycles. The zero-order valence-electron chi connectivity index (χ0n) is 13.7. The van der Waals surface area contributed by atoms with E-state index in [0.717, 1.165) is 11.1 Å². The summed E-state index contributed by atoms with van der Waals surface area (Å²) < 4.78 is 10.4. The van der Waals surface area contributed by atoms with Crippen molar-refractivity contribution in [1.29, 1.82) is 0 Å². The molecule has 4 nitrogen and oxygen atoms in total. The SMILES string of the molecule is COc1cc(/C=N/OCc2cc(C)cc(C)c2)cc(Cl)c1OC. The molecule has 5 heteroatoms. The molecule has 0 N–H and O–H groups in total. The Kier molecular flexibility index (Phi) is 5.88. The van der Waals surface area contributed by atoms with Crippen LogP contribution in [0.25, 0.3) is 0 Å². The van der Waals surface area contributed by atoms with Gasteiger partial charge < -0.3 is 14.3 Å². The van der Waals surface area contributed by atoms with Crippen LogP contribution in [-0.2, 0) is 11.4 Å². The third-order valence-electron chi connectivity index (χ3n) is 3.24. The highest BCUT2D eigenvalue weighted by Gasteiger charge is 2.09. The van der Waals surface area contributed by atoms with Crippen LogP contribution in [0.2, 0.25) is 5.02 Å². The van der Waals surface area contributed by atoms with Crippen LogP contribution in [0.3, 0.4) is 0 Å². The summed E-state index contributed by atoms with van der Waals surface area (Å²) in [6.07, 6.45) is 1.59. The van der Waals surface area contributed by atoms with E-state index in [-0.39, 0.29) is 0 Å². The minimum atomic E-state index is 0.417. The number of halogens is 1. The van der Waals surface area contributed by atoms with E-state index in [1.165, 1.54) is 11.1 Å². The van der Waals surface area contributed by atoms with E-state index in [4.69, 9.17) is 25.9 Å². The second kappa shape index (κ2) is 7.88. The lowest BCUT2D eigenvalue weighted by molar-refractivity contribution is 0.132. The molecule has 0 aliphatic rings. The first kappa shape index (κ1) is 17.2. The van der Waals surface area contributed by atoms with Gasteiger partial charge in [-0.15, -0.1) is 0 Å². The molecule has 0 saturated heterocycles. The molecule has 2 aromatic carbocycles. The summed E-state index contributed by atoms with van der Waals surface area (Å²) in [7, 11) is 3.11. The number of ether oxygens (including phenoxy) is 2. The van der Waals surface area contributed by atoms with Crippen molar-refractivity contribution in [2.45, 2.75) is 20.5 Å². The van der Waals surface area contributed by atoms with Gasteiger partial charge in [0.1, 0.15) is 6.61 Å². The van der Waals surface area contributed by atoms with E-state index in [1.54, 1.807) is 32.6 Å². The molecule has 2 rings (SSSR count). The molecule has 0 amide bonds. The fraction of sp³-hybridized carbons (Fsp3) is 0.278. The number of hydrogen-bond donors (Lipinski definition) is 0. The smallest absolute Gasteiger partial charge is 0.179 e. The fourth-order valence-electron chi connectivity index (χ4n) is 2.37. The van der Waals surface area contributed by atoms with Crippen LogP contribution in [-0.4, -0.2) is 20.4 Å². The van der Waals surface area contributed by atoms with E-state index in [9.17, 15) is 0 Å². The summed E-state index contributed by atoms with van der Waals surface area (Å²) in [6.45, 7) is 4.54. The molecule has 0 fully saturated rings. The maximum Gasteiger partial charge on any atom is 0.179 e. The van der Waals surface area contributed by atoms with E-state index in [0.29, 0.717) is 23.1 Å². The van der Waals surface area contributed by atoms with Gasteiger partial charge in [0.05, 0.1) is 25.5 Å². The Bertz CT molecular complexity index is 693. The standard InChI is InChI=1S/C18H20ClNO3/c1-12-5-13(2)7-15(6-12)11-23-20-10-14-8-16(19)18(22-4)17(9-14)21-3/h5-10H,11H2,1-4H3/b20-10+. The molecular formula is C18H20ClNO3. The largest absolute Gasteiger partial charge is 0.493 e. The van der Waals surface area contributed by atoms with Gasteiger partial charge >= 0.3 is 0 Å². The van der Waals surface area contributed by atoms with Crippen LogP contribution in [0.1, 0.15) is 22.3 Å². The van der Waals surface area contributed by atoms with Crippen molar-refractivity contribution in [3.05, 3.63) is 57.6 Å². The van der Waals surface area contributed by atoms with Gasteiger partial charge in [-0.1, -0.05) is 46.1 Å². The monoisotopic (exact) mass is 333 g/mol. The summed E-state index contributed by atoms with van der Waals surface area (Å²) in [4.78, 5) is 5.36. The molecule has 0 unspecified atom stereocenters. The first-order chi connectivity index (χ1) is 11.0. The van der Waals surface area contributed by atoms with Crippen LogP contribution < -0.4 is 9.47 Å². The number of methoxy groups -OCH3 is 2. The lowest BCUT2D eigenvalue weighted by Crippen LogP contribution is -1.94. The predicted octanol–water partition coefficient (Wildman–Crippen LogP) is 4.52. The second-order valence-electron chi connectivity index (χ2n) is 5.24. The summed E-state index contributed by atoms with van der Waals surface area (Å²) in [5.74, 6) is 1.05. The van der Waals surface area contributed by atoms with E-state index in [1.807, 2.05) is 0 Å². The number of hydrogen-bond acceptors (Lipinski definition) is 4. The van der Waals surface area contributed by atoms with Gasteiger partial charge in [-0.3, -0.25) is 0 Å². The van der Waals surface area contributed by atoms with Crippen molar-refractivity contribution in [2.75, 3.05) is 14.2 Å². The highest BCUT2D eigenvalue weighted by molar-refractivity contribution is 6.32. The van der Waals surface area contributed by atoms with Crippen molar-refractivity contribution < 1.29 is 14.3 Å². The Balaban J connectivity index is 2.04. The van der Waals surface area contributed by atoms with Gasteiger partial charge in [-0.05, 0) is 31.5 Å². The molecule has 0 saturated carbocycles. The normalized spacial score (nSPS) is 10.8. The van der Waals surface area contributed by atoms with Gasteiger partial charge in [0, 0.05) is 5.56 Å². The van der Waals surface area contributed by atoms with Crippen LogP contribution in [0.15, 0.2) is 35.5 Å². The highest BCUT2D eigenvalue weighted by atomic mass is 35.5. The average Bonchev–Trinajstić information content (AvgIpc) is 2.50. The number of benzene rings is 2.